The number of rotatable bonds is 5. The number of nitrogens with zero attached hydrogens (tertiary/aromatic N) is 5. The van der Waals surface area contributed by atoms with E-state index in [1.165, 1.54) is 0 Å². The van der Waals surface area contributed by atoms with E-state index in [2.05, 4.69) is 53.8 Å². The largest absolute Gasteiger partial charge is 0.415 e. The minimum absolute atomic E-state index is 0.116. The highest BCUT2D eigenvalue weighted by atomic mass is 35.5. The van der Waals surface area contributed by atoms with E-state index in [0.29, 0.717) is 12.3 Å². The quantitative estimate of drug-likeness (QED) is 0.410. The number of aryl methyl sites for hydroxylation is 1. The molecule has 172 valence electrons. The summed E-state index contributed by atoms with van der Waals surface area (Å²) in [5.74, 6) is -1.89. The Labute approximate surface area is 188 Å². The van der Waals surface area contributed by atoms with Gasteiger partial charge in [-0.05, 0) is 49.5 Å². The SMILES string of the molecule is Cc1nn(C2CC(F)(F)C2)c2nc(Cl)nc(N3CCCC3CO[Si](C)(C)C(C)(C)C)c12. The van der Waals surface area contributed by atoms with Crippen LogP contribution in [0, 0.1) is 6.92 Å². The van der Waals surface area contributed by atoms with Gasteiger partial charge < -0.3 is 9.33 Å². The Balaban J connectivity index is 1.65. The normalized spacial score (nSPS) is 22.4. The molecule has 1 atom stereocenters. The molecule has 4 rings (SSSR count). The molecule has 1 unspecified atom stereocenters. The summed E-state index contributed by atoms with van der Waals surface area (Å²) in [4.78, 5) is 11.2. The van der Waals surface area contributed by atoms with Gasteiger partial charge in [0.25, 0.3) is 5.92 Å². The smallest absolute Gasteiger partial charge is 0.252 e. The highest BCUT2D eigenvalue weighted by molar-refractivity contribution is 6.74. The molecule has 31 heavy (non-hydrogen) atoms. The molecule has 0 spiro atoms. The molecule has 2 fully saturated rings. The fraction of sp³-hybridized carbons (Fsp3) is 0.762. The minimum Gasteiger partial charge on any atom is -0.415 e. The number of hydrogen-bond donors (Lipinski definition) is 0. The summed E-state index contributed by atoms with van der Waals surface area (Å²) in [6.07, 6.45) is 1.62. The van der Waals surface area contributed by atoms with Crippen molar-refractivity contribution in [1.29, 1.82) is 0 Å². The number of halogens is 3. The van der Waals surface area contributed by atoms with Crippen molar-refractivity contribution < 1.29 is 13.2 Å². The Morgan fingerprint density at radius 1 is 1.23 bits per heavy atom. The summed E-state index contributed by atoms with van der Waals surface area (Å²) in [5, 5.41) is 5.63. The highest BCUT2D eigenvalue weighted by Crippen LogP contribution is 2.47. The predicted octanol–water partition coefficient (Wildman–Crippen LogP) is 5.75. The maximum atomic E-state index is 13.5. The lowest BCUT2D eigenvalue weighted by molar-refractivity contribution is -0.106. The van der Waals surface area contributed by atoms with Gasteiger partial charge in [-0.25, -0.2) is 13.5 Å². The molecule has 2 aliphatic rings. The first-order valence-corrected chi connectivity index (χ1v) is 14.3. The standard InChI is InChI=1S/C21H32ClF2N5OSi/c1-13-16-17(28-9-7-8-14(28)12-30-31(5,6)20(2,3)4)25-19(22)26-18(16)29(27-13)15-10-21(23,24)11-15/h14-15H,7-12H2,1-6H3. The van der Waals surface area contributed by atoms with Gasteiger partial charge in [0, 0.05) is 19.4 Å². The van der Waals surface area contributed by atoms with Gasteiger partial charge >= 0.3 is 0 Å². The summed E-state index contributed by atoms with van der Waals surface area (Å²) >= 11 is 6.30. The molecular formula is C21H32ClF2N5OSi. The first-order chi connectivity index (χ1) is 14.3. The van der Waals surface area contributed by atoms with Crippen LogP contribution in [0.5, 0.6) is 0 Å². The number of aromatic nitrogens is 4. The van der Waals surface area contributed by atoms with Gasteiger partial charge in [-0.2, -0.15) is 15.1 Å². The molecule has 1 saturated heterocycles. The van der Waals surface area contributed by atoms with Crippen LogP contribution < -0.4 is 4.90 Å². The molecule has 2 aromatic rings. The zero-order valence-electron chi connectivity index (χ0n) is 19.2. The minimum atomic E-state index is -2.63. The van der Waals surface area contributed by atoms with Crippen LogP contribution in [0.2, 0.25) is 23.4 Å². The van der Waals surface area contributed by atoms with Crippen LogP contribution in [0.25, 0.3) is 11.0 Å². The second-order valence-electron chi connectivity index (χ2n) is 10.5. The molecule has 0 amide bonds. The maximum Gasteiger partial charge on any atom is 0.252 e. The van der Waals surface area contributed by atoms with Gasteiger partial charge in [-0.15, -0.1) is 0 Å². The van der Waals surface area contributed by atoms with Crippen molar-refractivity contribution in [2.75, 3.05) is 18.1 Å². The van der Waals surface area contributed by atoms with E-state index >= 15 is 0 Å². The summed E-state index contributed by atoms with van der Waals surface area (Å²) in [6, 6.07) is -0.166. The molecule has 0 N–H and O–H groups in total. The monoisotopic (exact) mass is 471 g/mol. The van der Waals surface area contributed by atoms with E-state index in [-0.39, 0.29) is 35.2 Å². The van der Waals surface area contributed by atoms with Crippen molar-refractivity contribution in [2.24, 2.45) is 0 Å². The number of anilines is 1. The van der Waals surface area contributed by atoms with E-state index < -0.39 is 14.2 Å². The molecule has 10 heteroatoms. The Kier molecular flexibility index (Phi) is 5.62. The third-order valence-corrected chi connectivity index (χ3v) is 11.9. The van der Waals surface area contributed by atoms with E-state index in [1.807, 2.05) is 6.92 Å². The van der Waals surface area contributed by atoms with Crippen LogP contribution in [0.4, 0.5) is 14.6 Å². The topological polar surface area (TPSA) is 56.1 Å². The van der Waals surface area contributed by atoms with Crippen molar-refractivity contribution in [3.8, 4) is 0 Å². The average molecular weight is 472 g/mol. The molecule has 0 aromatic carbocycles. The zero-order chi connectivity index (χ0) is 22.8. The van der Waals surface area contributed by atoms with Crippen LogP contribution >= 0.6 is 11.6 Å². The molecule has 0 bridgehead atoms. The van der Waals surface area contributed by atoms with Gasteiger partial charge in [0.15, 0.2) is 14.0 Å². The van der Waals surface area contributed by atoms with Crippen LogP contribution in [0.15, 0.2) is 0 Å². The second-order valence-corrected chi connectivity index (χ2v) is 15.7. The first kappa shape index (κ1) is 22.9. The second kappa shape index (κ2) is 7.62. The highest BCUT2D eigenvalue weighted by Gasteiger charge is 2.48. The molecule has 3 heterocycles. The first-order valence-electron chi connectivity index (χ1n) is 11.0. The van der Waals surface area contributed by atoms with Crippen LogP contribution in [-0.4, -0.2) is 53.2 Å². The molecule has 6 nitrogen and oxygen atoms in total. The summed E-state index contributed by atoms with van der Waals surface area (Å²) in [5.41, 5.74) is 1.29. The average Bonchev–Trinajstić information content (AvgIpc) is 3.21. The number of fused-ring (bicyclic) bond motifs is 1. The van der Waals surface area contributed by atoms with Gasteiger partial charge in [0.05, 0.1) is 29.8 Å². The molecule has 1 aliphatic carbocycles. The molecular weight excluding hydrogens is 440 g/mol. The van der Waals surface area contributed by atoms with Crippen molar-refractivity contribution >= 4 is 36.8 Å². The molecule has 2 aromatic heterocycles. The van der Waals surface area contributed by atoms with Crippen molar-refractivity contribution in [3.63, 3.8) is 0 Å². The lowest BCUT2D eigenvalue weighted by Gasteiger charge is -2.38. The predicted molar refractivity (Wildman–Crippen MR) is 122 cm³/mol. The van der Waals surface area contributed by atoms with E-state index in [1.54, 1.807) is 4.68 Å². The van der Waals surface area contributed by atoms with Gasteiger partial charge in [0.1, 0.15) is 5.82 Å². The van der Waals surface area contributed by atoms with Gasteiger partial charge in [-0.1, -0.05) is 20.8 Å². The molecule has 0 radical (unpaired) electrons. The van der Waals surface area contributed by atoms with E-state index in [0.717, 1.165) is 36.3 Å². The summed E-state index contributed by atoms with van der Waals surface area (Å²) < 4.78 is 35.1. The Bertz CT molecular complexity index is 982. The van der Waals surface area contributed by atoms with E-state index in [9.17, 15) is 8.78 Å². The Morgan fingerprint density at radius 3 is 2.52 bits per heavy atom. The molecule has 1 saturated carbocycles. The van der Waals surface area contributed by atoms with Crippen LogP contribution in [0.3, 0.4) is 0 Å². The van der Waals surface area contributed by atoms with Crippen molar-refractivity contribution in [2.45, 2.75) is 89.5 Å². The van der Waals surface area contributed by atoms with Crippen molar-refractivity contribution in [1.82, 2.24) is 19.7 Å². The van der Waals surface area contributed by atoms with Crippen LogP contribution in [-0.2, 0) is 4.43 Å². The fourth-order valence-corrected chi connectivity index (χ4v) is 5.44. The fourth-order valence-electron chi connectivity index (χ4n) is 4.23. The number of hydrogen-bond acceptors (Lipinski definition) is 5. The van der Waals surface area contributed by atoms with E-state index in [4.69, 9.17) is 16.0 Å². The zero-order valence-corrected chi connectivity index (χ0v) is 20.9. The van der Waals surface area contributed by atoms with Crippen LogP contribution in [0.1, 0.15) is 58.2 Å². The maximum absolute atomic E-state index is 13.5. The summed E-state index contributed by atoms with van der Waals surface area (Å²) in [6.45, 7) is 14.6. The lowest BCUT2D eigenvalue weighted by atomic mass is 9.88. The van der Waals surface area contributed by atoms with Crippen molar-refractivity contribution in [3.05, 3.63) is 11.0 Å². The third kappa shape index (κ3) is 4.20. The Morgan fingerprint density at radius 2 is 1.90 bits per heavy atom. The number of alkyl halides is 2. The van der Waals surface area contributed by atoms with Gasteiger partial charge in [-0.3, -0.25) is 0 Å². The third-order valence-electron chi connectivity index (χ3n) is 7.19. The summed E-state index contributed by atoms with van der Waals surface area (Å²) in [7, 11) is -1.87. The lowest BCUT2D eigenvalue weighted by Crippen LogP contribution is -2.45. The Hall–Kier alpha value is -1.32. The van der Waals surface area contributed by atoms with Gasteiger partial charge in [0.2, 0.25) is 5.28 Å². The molecule has 1 aliphatic heterocycles.